The van der Waals surface area contributed by atoms with Crippen LogP contribution in [0.4, 0.5) is 0 Å². The fourth-order valence-corrected chi connectivity index (χ4v) is 2.73. The summed E-state index contributed by atoms with van der Waals surface area (Å²) < 4.78 is 10.5. The first kappa shape index (κ1) is 17.1. The lowest BCUT2D eigenvalue weighted by Crippen LogP contribution is -2.24. The summed E-state index contributed by atoms with van der Waals surface area (Å²) in [6.07, 6.45) is 1.15. The zero-order chi connectivity index (χ0) is 17.1. The first-order valence-electron chi connectivity index (χ1n) is 7.43. The Morgan fingerprint density at radius 1 is 1.43 bits per heavy atom. The van der Waals surface area contributed by atoms with E-state index >= 15 is 0 Å². The first-order chi connectivity index (χ1) is 10.8. The van der Waals surface area contributed by atoms with E-state index in [9.17, 15) is 19.5 Å². The van der Waals surface area contributed by atoms with Gasteiger partial charge in [0.25, 0.3) is 0 Å². The van der Waals surface area contributed by atoms with Gasteiger partial charge >= 0.3 is 11.9 Å². The topological polar surface area (TPSA) is 89.9 Å². The fourth-order valence-electron chi connectivity index (χ4n) is 2.73. The van der Waals surface area contributed by atoms with Gasteiger partial charge in [0.2, 0.25) is 0 Å². The molecule has 0 fully saturated rings. The van der Waals surface area contributed by atoms with E-state index in [2.05, 4.69) is 6.58 Å². The number of carbonyl (C=O) groups is 3. The zero-order valence-corrected chi connectivity index (χ0v) is 13.3. The van der Waals surface area contributed by atoms with E-state index in [4.69, 9.17) is 9.47 Å². The van der Waals surface area contributed by atoms with Crippen LogP contribution in [-0.4, -0.2) is 41.6 Å². The number of fused-ring (bicyclic) bond motifs is 1. The quantitative estimate of drug-likeness (QED) is 0.470. The van der Waals surface area contributed by atoms with Crippen LogP contribution in [0.3, 0.4) is 0 Å². The number of carbonyl (C=O) groups excluding carboxylic acids is 3. The highest BCUT2D eigenvalue weighted by atomic mass is 16.6. The predicted octanol–water partition coefficient (Wildman–Crippen LogP) is 1.39. The summed E-state index contributed by atoms with van der Waals surface area (Å²) in [7, 11) is 0. The summed E-state index contributed by atoms with van der Waals surface area (Å²) >= 11 is 0. The van der Waals surface area contributed by atoms with Gasteiger partial charge in [0.15, 0.2) is 5.78 Å². The van der Waals surface area contributed by atoms with E-state index in [1.54, 1.807) is 13.0 Å². The van der Waals surface area contributed by atoms with Crippen molar-refractivity contribution in [3.05, 3.63) is 34.9 Å². The molecule has 2 atom stereocenters. The van der Waals surface area contributed by atoms with Crippen LogP contribution in [0.15, 0.2) is 34.9 Å². The standard InChI is InChI=1S/C17H20O6/c1-9-4-5-12-13(8-18)17(21)23-16(12)6-10(2)15(7-14(9)20)22-11(3)19/h6,15-16,18H,1,4-5,7-8H2,2-3H3/b10-6-/t15-,16+/m0/s1. The lowest BCUT2D eigenvalue weighted by molar-refractivity contribution is -0.146. The molecule has 1 heterocycles. The van der Waals surface area contributed by atoms with Gasteiger partial charge in [0, 0.05) is 6.92 Å². The number of Topliss-reactive ketones (excluding diaryl/α,β-unsaturated/α-hetero) is 1. The van der Waals surface area contributed by atoms with Gasteiger partial charge in [-0.05, 0) is 42.6 Å². The third kappa shape index (κ3) is 3.76. The molecule has 6 nitrogen and oxygen atoms in total. The van der Waals surface area contributed by atoms with Gasteiger partial charge in [-0.1, -0.05) is 6.58 Å². The second kappa shape index (κ2) is 6.91. The summed E-state index contributed by atoms with van der Waals surface area (Å²) in [5, 5.41) is 9.38. The average Bonchev–Trinajstić information content (AvgIpc) is 2.77. The second-order valence-corrected chi connectivity index (χ2v) is 5.73. The van der Waals surface area contributed by atoms with E-state index in [-0.39, 0.29) is 17.8 Å². The van der Waals surface area contributed by atoms with Crippen LogP contribution < -0.4 is 0 Å². The molecule has 0 aromatic carbocycles. The summed E-state index contributed by atoms with van der Waals surface area (Å²) in [5.41, 5.74) is 1.90. The van der Waals surface area contributed by atoms with Crippen LogP contribution in [0.1, 0.15) is 33.1 Å². The monoisotopic (exact) mass is 320 g/mol. The average molecular weight is 320 g/mol. The van der Waals surface area contributed by atoms with Crippen molar-refractivity contribution >= 4 is 17.7 Å². The number of esters is 2. The molecule has 0 spiro atoms. The Kier molecular flexibility index (Phi) is 5.15. The highest BCUT2D eigenvalue weighted by Crippen LogP contribution is 2.31. The van der Waals surface area contributed by atoms with Gasteiger partial charge in [0.1, 0.15) is 12.2 Å². The Balaban J connectivity index is 2.43. The molecule has 0 aromatic rings. The summed E-state index contributed by atoms with van der Waals surface area (Å²) in [6.45, 7) is 6.35. The van der Waals surface area contributed by atoms with Crippen LogP contribution in [0.5, 0.6) is 0 Å². The van der Waals surface area contributed by atoms with Crippen molar-refractivity contribution in [1.29, 1.82) is 0 Å². The molecular formula is C17H20O6. The number of hydrogen-bond donors (Lipinski definition) is 1. The molecule has 1 N–H and O–H groups in total. The molecule has 0 saturated carbocycles. The molecule has 0 amide bonds. The molecule has 6 heteroatoms. The number of aliphatic hydroxyl groups excluding tert-OH is 1. The van der Waals surface area contributed by atoms with Crippen molar-refractivity contribution in [3.8, 4) is 0 Å². The fraction of sp³-hybridized carbons (Fsp3) is 0.471. The van der Waals surface area contributed by atoms with Crippen molar-refractivity contribution in [1.82, 2.24) is 0 Å². The normalized spacial score (nSPS) is 28.0. The smallest absolute Gasteiger partial charge is 0.337 e. The molecule has 0 aromatic heterocycles. The summed E-state index contributed by atoms with van der Waals surface area (Å²) in [6, 6.07) is 0. The maximum Gasteiger partial charge on any atom is 0.337 e. The lowest BCUT2D eigenvalue weighted by Gasteiger charge is -2.21. The van der Waals surface area contributed by atoms with Crippen molar-refractivity contribution in [2.45, 2.75) is 45.3 Å². The van der Waals surface area contributed by atoms with Crippen LogP contribution in [-0.2, 0) is 23.9 Å². The lowest BCUT2D eigenvalue weighted by atomic mass is 9.90. The molecular weight excluding hydrogens is 300 g/mol. The second-order valence-electron chi connectivity index (χ2n) is 5.73. The van der Waals surface area contributed by atoms with Gasteiger partial charge in [-0.3, -0.25) is 9.59 Å². The number of ketones is 1. The van der Waals surface area contributed by atoms with Crippen LogP contribution in [0.2, 0.25) is 0 Å². The number of aliphatic hydroxyl groups is 1. The summed E-state index contributed by atoms with van der Waals surface area (Å²) in [5.74, 6) is -1.23. The van der Waals surface area contributed by atoms with E-state index in [1.807, 2.05) is 0 Å². The van der Waals surface area contributed by atoms with Gasteiger partial charge < -0.3 is 14.6 Å². The minimum atomic E-state index is -0.715. The Morgan fingerprint density at radius 3 is 2.74 bits per heavy atom. The highest BCUT2D eigenvalue weighted by Gasteiger charge is 2.34. The van der Waals surface area contributed by atoms with Crippen molar-refractivity contribution < 1.29 is 29.0 Å². The SMILES string of the molecule is C=C1CCC2=C(CO)C(=O)O[C@@H]2/C=C(/C)[C@@H](OC(C)=O)CC1=O. The van der Waals surface area contributed by atoms with Gasteiger partial charge in [-0.15, -0.1) is 0 Å². The minimum Gasteiger partial charge on any atom is -0.458 e. The van der Waals surface area contributed by atoms with E-state index in [1.165, 1.54) is 6.92 Å². The number of allylic oxidation sites excluding steroid dienone is 1. The third-order valence-electron chi connectivity index (χ3n) is 4.06. The van der Waals surface area contributed by atoms with Crippen LogP contribution in [0.25, 0.3) is 0 Å². The number of hydrogen-bond acceptors (Lipinski definition) is 6. The van der Waals surface area contributed by atoms with E-state index < -0.39 is 30.8 Å². The van der Waals surface area contributed by atoms with Crippen molar-refractivity contribution in [3.63, 3.8) is 0 Å². The predicted molar refractivity (Wildman–Crippen MR) is 81.3 cm³/mol. The molecule has 0 bridgehead atoms. The molecule has 124 valence electrons. The molecule has 0 saturated heterocycles. The molecule has 1 aliphatic carbocycles. The molecule has 2 aliphatic rings. The highest BCUT2D eigenvalue weighted by molar-refractivity contribution is 5.96. The van der Waals surface area contributed by atoms with Crippen LogP contribution in [0, 0.1) is 0 Å². The van der Waals surface area contributed by atoms with Gasteiger partial charge in [-0.25, -0.2) is 4.79 Å². The molecule has 1 aliphatic heterocycles. The van der Waals surface area contributed by atoms with Gasteiger partial charge in [0.05, 0.1) is 18.6 Å². The molecule has 0 unspecified atom stereocenters. The minimum absolute atomic E-state index is 0.0211. The Bertz CT molecular complexity index is 625. The maximum atomic E-state index is 12.2. The van der Waals surface area contributed by atoms with Crippen molar-refractivity contribution in [2.75, 3.05) is 6.61 Å². The van der Waals surface area contributed by atoms with E-state index in [0.29, 0.717) is 29.6 Å². The maximum absolute atomic E-state index is 12.2. The number of ether oxygens (including phenoxy) is 2. The molecule has 2 rings (SSSR count). The third-order valence-corrected chi connectivity index (χ3v) is 4.06. The van der Waals surface area contributed by atoms with Crippen LogP contribution >= 0.6 is 0 Å². The Hall–Kier alpha value is -2.21. The first-order valence-corrected chi connectivity index (χ1v) is 7.43. The summed E-state index contributed by atoms with van der Waals surface area (Å²) in [4.78, 5) is 35.3. The largest absolute Gasteiger partial charge is 0.458 e. The zero-order valence-electron chi connectivity index (χ0n) is 13.3. The Labute approximate surface area is 134 Å². The van der Waals surface area contributed by atoms with Gasteiger partial charge in [-0.2, -0.15) is 0 Å². The number of rotatable bonds is 2. The van der Waals surface area contributed by atoms with E-state index in [0.717, 1.165) is 0 Å². The van der Waals surface area contributed by atoms with Crippen molar-refractivity contribution in [2.24, 2.45) is 0 Å². The molecule has 23 heavy (non-hydrogen) atoms. The Morgan fingerprint density at radius 2 is 2.13 bits per heavy atom. The molecule has 0 radical (unpaired) electrons.